The van der Waals surface area contributed by atoms with Crippen LogP contribution in [0.2, 0.25) is 0 Å². The number of sulfonamides is 1. The molecule has 1 amide bonds. The lowest BCUT2D eigenvalue weighted by atomic mass is 9.63. The van der Waals surface area contributed by atoms with Gasteiger partial charge < -0.3 is 4.90 Å². The predicted octanol–water partition coefficient (Wildman–Crippen LogP) is 1.24. The smallest absolute Gasteiger partial charge is 0.231 e. The van der Waals surface area contributed by atoms with Gasteiger partial charge in [0.05, 0.1) is 17.7 Å². The molecule has 5 nitrogen and oxygen atoms in total. The van der Waals surface area contributed by atoms with Crippen LogP contribution in [-0.2, 0) is 14.8 Å². The first kappa shape index (κ1) is 14.5. The quantitative estimate of drug-likeness (QED) is 0.773. The summed E-state index contributed by atoms with van der Waals surface area (Å²) in [5.74, 6) is 0.143. The van der Waals surface area contributed by atoms with Gasteiger partial charge in [0.1, 0.15) is 0 Å². The number of piperidine rings is 1. The highest BCUT2D eigenvalue weighted by Crippen LogP contribution is 2.55. The molecule has 2 heterocycles. The molecule has 3 rings (SSSR count). The van der Waals surface area contributed by atoms with E-state index in [4.69, 9.17) is 0 Å². The first-order valence-corrected chi connectivity index (χ1v) is 8.98. The molecule has 21 heavy (non-hydrogen) atoms. The third kappa shape index (κ3) is 2.17. The molecule has 6 heteroatoms. The summed E-state index contributed by atoms with van der Waals surface area (Å²) in [6, 6.07) is 10.1. The Hall–Kier alpha value is -1.40. The zero-order chi connectivity index (χ0) is 15.3. The van der Waals surface area contributed by atoms with Crippen LogP contribution >= 0.6 is 0 Å². The van der Waals surface area contributed by atoms with Crippen molar-refractivity contribution in [2.45, 2.75) is 18.9 Å². The summed E-state index contributed by atoms with van der Waals surface area (Å²) < 4.78 is 24.7. The minimum atomic E-state index is -3.16. The van der Waals surface area contributed by atoms with Crippen LogP contribution in [0.3, 0.4) is 0 Å². The third-order valence-electron chi connectivity index (χ3n) is 4.86. The monoisotopic (exact) mass is 308 g/mol. The highest BCUT2D eigenvalue weighted by atomic mass is 32.2. The Kier molecular flexibility index (Phi) is 3.33. The average Bonchev–Trinajstić information content (AvgIpc) is 2.47. The number of carbonyl (C=O) groups is 1. The van der Waals surface area contributed by atoms with Crippen molar-refractivity contribution in [2.75, 3.05) is 26.4 Å². The van der Waals surface area contributed by atoms with Crippen LogP contribution in [0.5, 0.6) is 0 Å². The third-order valence-corrected chi connectivity index (χ3v) is 6.16. The minimum Gasteiger partial charge on any atom is -0.337 e. The highest BCUT2D eigenvalue weighted by Gasteiger charge is 2.60. The fourth-order valence-electron chi connectivity index (χ4n) is 3.77. The standard InChI is InChI=1S/C15H20N2O3S/c1-16-13(12-6-4-3-5-7-12)15(14(16)18)8-10-17(11-9-15)21(2,19)20/h3-7,13H,8-11H2,1-2H3. The molecule has 0 aliphatic carbocycles. The molecule has 1 aromatic carbocycles. The molecule has 2 aliphatic heterocycles. The second-order valence-electron chi connectivity index (χ2n) is 6.05. The number of amides is 1. The van der Waals surface area contributed by atoms with Crippen LogP contribution in [0.25, 0.3) is 0 Å². The van der Waals surface area contributed by atoms with E-state index in [0.717, 1.165) is 5.56 Å². The summed E-state index contributed by atoms with van der Waals surface area (Å²) in [7, 11) is -1.34. The second-order valence-corrected chi connectivity index (χ2v) is 8.03. The maximum Gasteiger partial charge on any atom is 0.231 e. The molecule has 0 radical (unpaired) electrons. The number of likely N-dealkylation sites (tertiary alicyclic amines) is 1. The van der Waals surface area contributed by atoms with Crippen LogP contribution < -0.4 is 0 Å². The Morgan fingerprint density at radius 3 is 2.24 bits per heavy atom. The fourth-order valence-corrected chi connectivity index (χ4v) is 4.62. The van der Waals surface area contributed by atoms with Crippen molar-refractivity contribution in [3.05, 3.63) is 35.9 Å². The summed E-state index contributed by atoms with van der Waals surface area (Å²) in [5, 5.41) is 0. The van der Waals surface area contributed by atoms with Crippen molar-refractivity contribution in [3.8, 4) is 0 Å². The van der Waals surface area contributed by atoms with E-state index in [0.29, 0.717) is 25.9 Å². The van der Waals surface area contributed by atoms with Gasteiger partial charge in [0.25, 0.3) is 0 Å². The van der Waals surface area contributed by atoms with Gasteiger partial charge in [-0.3, -0.25) is 4.79 Å². The minimum absolute atomic E-state index is 0.0629. The van der Waals surface area contributed by atoms with Gasteiger partial charge in [-0.2, -0.15) is 0 Å². The molecule has 0 bridgehead atoms. The SMILES string of the molecule is CN1C(=O)C2(CCN(S(C)(=O)=O)CC2)C1c1ccccc1. The topological polar surface area (TPSA) is 57.7 Å². The molecule has 1 aromatic rings. The van der Waals surface area contributed by atoms with Gasteiger partial charge in [0.15, 0.2) is 0 Å². The molecule has 0 saturated carbocycles. The Balaban J connectivity index is 1.86. The van der Waals surface area contributed by atoms with Crippen LogP contribution in [0.1, 0.15) is 24.4 Å². The Labute approximate surface area is 125 Å². The van der Waals surface area contributed by atoms with E-state index in [1.54, 1.807) is 4.90 Å². The number of rotatable bonds is 2. The summed E-state index contributed by atoms with van der Waals surface area (Å²) in [6.45, 7) is 0.865. The van der Waals surface area contributed by atoms with Crippen molar-refractivity contribution in [1.29, 1.82) is 0 Å². The van der Waals surface area contributed by atoms with Crippen molar-refractivity contribution >= 4 is 15.9 Å². The van der Waals surface area contributed by atoms with E-state index in [9.17, 15) is 13.2 Å². The lowest BCUT2D eigenvalue weighted by Crippen LogP contribution is -2.65. The second kappa shape index (κ2) is 4.81. The van der Waals surface area contributed by atoms with E-state index >= 15 is 0 Å². The van der Waals surface area contributed by atoms with Gasteiger partial charge in [-0.15, -0.1) is 0 Å². The fraction of sp³-hybridized carbons (Fsp3) is 0.533. The van der Waals surface area contributed by atoms with Crippen LogP contribution in [0.4, 0.5) is 0 Å². The Bertz CT molecular complexity index is 649. The molecular weight excluding hydrogens is 288 g/mol. The molecule has 0 N–H and O–H groups in total. The Morgan fingerprint density at radius 1 is 1.14 bits per heavy atom. The molecule has 114 valence electrons. The largest absolute Gasteiger partial charge is 0.337 e. The molecule has 2 fully saturated rings. The summed E-state index contributed by atoms with van der Waals surface area (Å²) in [6.07, 6.45) is 2.43. The zero-order valence-corrected chi connectivity index (χ0v) is 13.1. The number of β-lactam (4-membered cyclic amide) rings is 1. The van der Waals surface area contributed by atoms with E-state index in [2.05, 4.69) is 0 Å². The molecular formula is C15H20N2O3S. The van der Waals surface area contributed by atoms with E-state index < -0.39 is 15.4 Å². The predicted molar refractivity (Wildman–Crippen MR) is 80.0 cm³/mol. The normalized spacial score (nSPS) is 25.9. The van der Waals surface area contributed by atoms with Crippen LogP contribution in [-0.4, -0.2) is 49.9 Å². The van der Waals surface area contributed by atoms with Crippen molar-refractivity contribution in [2.24, 2.45) is 5.41 Å². The van der Waals surface area contributed by atoms with Gasteiger partial charge >= 0.3 is 0 Å². The van der Waals surface area contributed by atoms with Gasteiger partial charge in [0.2, 0.25) is 15.9 Å². The molecule has 1 spiro atoms. The van der Waals surface area contributed by atoms with E-state index in [1.165, 1.54) is 10.6 Å². The maximum absolute atomic E-state index is 12.4. The Morgan fingerprint density at radius 2 is 1.71 bits per heavy atom. The van der Waals surface area contributed by atoms with Crippen LogP contribution in [0, 0.1) is 5.41 Å². The first-order valence-electron chi connectivity index (χ1n) is 7.13. The molecule has 0 aromatic heterocycles. The number of carbonyl (C=O) groups excluding carboxylic acids is 1. The van der Waals surface area contributed by atoms with Crippen LogP contribution in [0.15, 0.2) is 30.3 Å². The molecule has 2 saturated heterocycles. The maximum atomic E-state index is 12.4. The van der Waals surface area contributed by atoms with Gasteiger partial charge in [0, 0.05) is 20.1 Å². The summed E-state index contributed by atoms with van der Waals surface area (Å²) in [5.41, 5.74) is 0.713. The summed E-state index contributed by atoms with van der Waals surface area (Å²) in [4.78, 5) is 14.2. The molecule has 1 unspecified atom stereocenters. The number of hydrogen-bond donors (Lipinski definition) is 0. The number of benzene rings is 1. The van der Waals surface area contributed by atoms with Crippen molar-refractivity contribution in [3.63, 3.8) is 0 Å². The lowest BCUT2D eigenvalue weighted by Gasteiger charge is -2.57. The number of nitrogens with zero attached hydrogens (tertiary/aromatic N) is 2. The molecule has 1 atom stereocenters. The van der Waals surface area contributed by atoms with E-state index in [1.807, 2.05) is 37.4 Å². The van der Waals surface area contributed by atoms with Crippen molar-refractivity contribution in [1.82, 2.24) is 9.21 Å². The van der Waals surface area contributed by atoms with E-state index in [-0.39, 0.29) is 11.9 Å². The first-order chi connectivity index (χ1) is 9.86. The van der Waals surface area contributed by atoms with Crippen molar-refractivity contribution < 1.29 is 13.2 Å². The van der Waals surface area contributed by atoms with Gasteiger partial charge in [-0.25, -0.2) is 12.7 Å². The average molecular weight is 308 g/mol. The zero-order valence-electron chi connectivity index (χ0n) is 12.3. The molecule has 2 aliphatic rings. The highest BCUT2D eigenvalue weighted by molar-refractivity contribution is 7.88. The van der Waals surface area contributed by atoms with Gasteiger partial charge in [-0.1, -0.05) is 30.3 Å². The lowest BCUT2D eigenvalue weighted by molar-refractivity contribution is -0.175. The summed E-state index contributed by atoms with van der Waals surface area (Å²) >= 11 is 0. The number of hydrogen-bond acceptors (Lipinski definition) is 3. The van der Waals surface area contributed by atoms with Gasteiger partial charge in [-0.05, 0) is 18.4 Å².